The van der Waals surface area contributed by atoms with E-state index in [2.05, 4.69) is 0 Å². The van der Waals surface area contributed by atoms with E-state index < -0.39 is 11.8 Å². The van der Waals surface area contributed by atoms with Gasteiger partial charge in [0.1, 0.15) is 0 Å². The third-order valence-corrected chi connectivity index (χ3v) is 5.39. The van der Waals surface area contributed by atoms with Crippen LogP contribution in [0, 0.1) is 11.8 Å². The van der Waals surface area contributed by atoms with Gasteiger partial charge in [0.05, 0.1) is 0 Å². The smallest absolute Gasteiger partial charge is 0.206 e. The molecule has 20 heavy (non-hydrogen) atoms. The van der Waals surface area contributed by atoms with Crippen LogP contribution in [0.3, 0.4) is 0 Å². The molecule has 2 atom stereocenters. The fraction of sp³-hybridized carbons (Fsp3) is 0.667. The lowest BCUT2D eigenvalue weighted by Crippen LogP contribution is -2.37. The standard InChI is InChI=1S/C18H24F2/c19-18(20)13-16(14-7-3-1-4-8-14)11-12-17(18)15-9-5-2-6-10-15/h2,5-6,9-10,14,16-17H,1,3-4,7-8,11-13H2. The Morgan fingerprint density at radius 2 is 1.50 bits per heavy atom. The molecule has 0 aliphatic heterocycles. The van der Waals surface area contributed by atoms with E-state index in [0.717, 1.165) is 12.0 Å². The Balaban J connectivity index is 1.70. The predicted octanol–water partition coefficient (Wildman–Crippen LogP) is 5.79. The summed E-state index contributed by atoms with van der Waals surface area (Å²) in [4.78, 5) is 0. The zero-order valence-electron chi connectivity index (χ0n) is 12.0. The molecule has 0 aromatic heterocycles. The monoisotopic (exact) mass is 278 g/mol. The summed E-state index contributed by atoms with van der Waals surface area (Å²) in [5, 5.41) is 0. The largest absolute Gasteiger partial charge is 0.255 e. The third-order valence-electron chi connectivity index (χ3n) is 5.39. The maximum atomic E-state index is 14.6. The van der Waals surface area contributed by atoms with Crippen molar-refractivity contribution in [3.63, 3.8) is 0 Å². The second kappa shape index (κ2) is 5.83. The van der Waals surface area contributed by atoms with Crippen molar-refractivity contribution in [2.75, 3.05) is 0 Å². The van der Waals surface area contributed by atoms with Crippen LogP contribution in [0.1, 0.15) is 62.8 Å². The highest BCUT2D eigenvalue weighted by Gasteiger charge is 2.47. The van der Waals surface area contributed by atoms with Gasteiger partial charge in [-0.1, -0.05) is 62.4 Å². The molecular formula is C18H24F2. The molecule has 0 radical (unpaired) electrons. The Morgan fingerprint density at radius 3 is 2.15 bits per heavy atom. The Labute approximate surface area is 120 Å². The van der Waals surface area contributed by atoms with E-state index in [-0.39, 0.29) is 12.3 Å². The number of hydrogen-bond donors (Lipinski definition) is 0. The first-order chi connectivity index (χ1) is 9.67. The fourth-order valence-electron chi connectivity index (χ4n) is 4.29. The van der Waals surface area contributed by atoms with E-state index in [1.54, 1.807) is 0 Å². The van der Waals surface area contributed by atoms with Crippen LogP contribution < -0.4 is 0 Å². The molecule has 0 amide bonds. The van der Waals surface area contributed by atoms with Crippen LogP contribution in [0.15, 0.2) is 30.3 Å². The van der Waals surface area contributed by atoms with Gasteiger partial charge in [-0.25, -0.2) is 8.78 Å². The quantitative estimate of drug-likeness (QED) is 0.642. The molecular weight excluding hydrogens is 254 g/mol. The van der Waals surface area contributed by atoms with Crippen LogP contribution in [-0.2, 0) is 0 Å². The highest BCUT2D eigenvalue weighted by molar-refractivity contribution is 5.22. The minimum absolute atomic E-state index is 0.108. The molecule has 0 saturated heterocycles. The predicted molar refractivity (Wildman–Crippen MR) is 78.0 cm³/mol. The van der Waals surface area contributed by atoms with Crippen molar-refractivity contribution in [2.24, 2.45) is 11.8 Å². The van der Waals surface area contributed by atoms with Crippen molar-refractivity contribution < 1.29 is 8.78 Å². The molecule has 1 aromatic carbocycles. The van der Waals surface area contributed by atoms with Crippen molar-refractivity contribution in [3.05, 3.63) is 35.9 Å². The van der Waals surface area contributed by atoms with Gasteiger partial charge in [0.25, 0.3) is 5.92 Å². The van der Waals surface area contributed by atoms with E-state index in [9.17, 15) is 8.78 Å². The zero-order valence-corrected chi connectivity index (χ0v) is 12.0. The third kappa shape index (κ3) is 2.89. The van der Waals surface area contributed by atoms with Crippen molar-refractivity contribution in [1.29, 1.82) is 0 Å². The first kappa shape index (κ1) is 14.0. The number of alkyl halides is 2. The Hall–Kier alpha value is -0.920. The van der Waals surface area contributed by atoms with E-state index in [1.165, 1.54) is 32.1 Å². The van der Waals surface area contributed by atoms with E-state index >= 15 is 0 Å². The van der Waals surface area contributed by atoms with Gasteiger partial charge in [-0.15, -0.1) is 0 Å². The molecule has 0 N–H and O–H groups in total. The van der Waals surface area contributed by atoms with Crippen LogP contribution in [0.5, 0.6) is 0 Å². The first-order valence-electron chi connectivity index (χ1n) is 8.09. The van der Waals surface area contributed by atoms with Crippen molar-refractivity contribution >= 4 is 0 Å². The molecule has 0 spiro atoms. The summed E-state index contributed by atoms with van der Waals surface area (Å²) in [6, 6.07) is 9.37. The van der Waals surface area contributed by atoms with E-state index in [1.807, 2.05) is 30.3 Å². The lowest BCUT2D eigenvalue weighted by Gasteiger charge is -2.40. The van der Waals surface area contributed by atoms with Gasteiger partial charge in [0.2, 0.25) is 0 Å². The molecule has 0 bridgehead atoms. The summed E-state index contributed by atoms with van der Waals surface area (Å²) < 4.78 is 29.1. The molecule has 2 unspecified atom stereocenters. The van der Waals surface area contributed by atoms with Gasteiger partial charge in [0.15, 0.2) is 0 Å². The minimum Gasteiger partial charge on any atom is -0.206 e. The average molecular weight is 278 g/mol. The second-order valence-electron chi connectivity index (χ2n) is 6.66. The minimum atomic E-state index is -2.53. The van der Waals surface area contributed by atoms with Gasteiger partial charge in [-0.2, -0.15) is 0 Å². The highest BCUT2D eigenvalue weighted by atomic mass is 19.3. The van der Waals surface area contributed by atoms with Crippen molar-refractivity contribution in [1.82, 2.24) is 0 Å². The average Bonchev–Trinajstić information content (AvgIpc) is 2.48. The maximum absolute atomic E-state index is 14.6. The summed E-state index contributed by atoms with van der Waals surface area (Å²) >= 11 is 0. The van der Waals surface area contributed by atoms with E-state index in [0.29, 0.717) is 12.3 Å². The summed E-state index contributed by atoms with van der Waals surface area (Å²) in [6.45, 7) is 0. The number of halogens is 2. The molecule has 110 valence electrons. The first-order valence-corrected chi connectivity index (χ1v) is 8.09. The van der Waals surface area contributed by atoms with Gasteiger partial charge in [-0.3, -0.25) is 0 Å². The van der Waals surface area contributed by atoms with Crippen molar-refractivity contribution in [3.8, 4) is 0 Å². The molecule has 0 heterocycles. The lowest BCUT2D eigenvalue weighted by molar-refractivity contribution is -0.0836. The molecule has 2 heteroatoms. The van der Waals surface area contributed by atoms with Gasteiger partial charge < -0.3 is 0 Å². The van der Waals surface area contributed by atoms with Crippen LogP contribution in [0.2, 0.25) is 0 Å². The molecule has 3 rings (SSSR count). The van der Waals surface area contributed by atoms with Gasteiger partial charge in [0, 0.05) is 12.3 Å². The lowest BCUT2D eigenvalue weighted by atomic mass is 9.68. The normalized spacial score (nSPS) is 31.1. The van der Waals surface area contributed by atoms with E-state index in [4.69, 9.17) is 0 Å². The maximum Gasteiger partial charge on any atom is 0.255 e. The molecule has 2 aliphatic rings. The fourth-order valence-corrected chi connectivity index (χ4v) is 4.29. The van der Waals surface area contributed by atoms with Crippen molar-refractivity contribution in [2.45, 2.75) is 63.2 Å². The van der Waals surface area contributed by atoms with Crippen LogP contribution >= 0.6 is 0 Å². The summed E-state index contributed by atoms with van der Waals surface area (Å²) in [5.74, 6) is -2.28. The number of benzene rings is 1. The topological polar surface area (TPSA) is 0 Å². The van der Waals surface area contributed by atoms with Crippen LogP contribution in [0.4, 0.5) is 8.78 Å². The summed E-state index contributed by atoms with van der Waals surface area (Å²) in [5.41, 5.74) is 0.819. The number of rotatable bonds is 2. The SMILES string of the molecule is FC1(F)CC(C2CCCCC2)CCC1c1ccccc1. The molecule has 2 saturated carbocycles. The summed E-state index contributed by atoms with van der Waals surface area (Å²) in [7, 11) is 0. The van der Waals surface area contributed by atoms with Gasteiger partial charge in [-0.05, 0) is 30.2 Å². The molecule has 2 aliphatic carbocycles. The second-order valence-corrected chi connectivity index (χ2v) is 6.66. The number of hydrogen-bond acceptors (Lipinski definition) is 0. The molecule has 2 fully saturated rings. The zero-order chi connectivity index (χ0) is 14.0. The van der Waals surface area contributed by atoms with Gasteiger partial charge >= 0.3 is 0 Å². The highest BCUT2D eigenvalue weighted by Crippen LogP contribution is 2.50. The summed E-state index contributed by atoms with van der Waals surface area (Å²) in [6.07, 6.45) is 7.89. The Kier molecular flexibility index (Phi) is 4.09. The molecule has 1 aromatic rings. The van der Waals surface area contributed by atoms with Crippen LogP contribution in [0.25, 0.3) is 0 Å². The Morgan fingerprint density at radius 1 is 0.800 bits per heavy atom. The molecule has 0 nitrogen and oxygen atoms in total. The van der Waals surface area contributed by atoms with Crippen LogP contribution in [-0.4, -0.2) is 5.92 Å². The Bertz CT molecular complexity index is 420.